The first-order valence-electron chi connectivity index (χ1n) is 7.60. The number of nitrogens with one attached hydrogen (secondary N) is 1. The van der Waals surface area contributed by atoms with E-state index in [0.717, 1.165) is 11.3 Å². The largest absolute Gasteiger partial charge is 0.481 e. The van der Waals surface area contributed by atoms with Crippen molar-refractivity contribution in [2.75, 3.05) is 5.32 Å². The number of nitrogens with zero attached hydrogens (tertiary/aromatic N) is 4. The van der Waals surface area contributed by atoms with Crippen LogP contribution < -0.4 is 10.1 Å². The molecule has 1 N–H and O–H groups in total. The fourth-order valence-electron chi connectivity index (χ4n) is 2.20. The number of rotatable bonds is 5. The number of carbonyl (C=O) groups excluding carboxylic acids is 1. The highest BCUT2D eigenvalue weighted by atomic mass is 35.5. The molecule has 0 aliphatic rings. The summed E-state index contributed by atoms with van der Waals surface area (Å²) >= 11 is 5.93. The smallest absolute Gasteiger partial charge is 0.265 e. The number of hydrogen-bond acceptors (Lipinski definition) is 5. The van der Waals surface area contributed by atoms with Gasteiger partial charge in [0.05, 0.1) is 5.69 Å². The third kappa shape index (κ3) is 4.13. The van der Waals surface area contributed by atoms with Gasteiger partial charge in [-0.05, 0) is 60.2 Å². The lowest BCUT2D eigenvalue weighted by atomic mass is 10.1. The number of carbonyl (C=O) groups is 1. The van der Waals surface area contributed by atoms with Gasteiger partial charge in [-0.25, -0.2) is 4.68 Å². The maximum absolute atomic E-state index is 12.4. The molecule has 25 heavy (non-hydrogen) atoms. The van der Waals surface area contributed by atoms with Gasteiger partial charge in [0.2, 0.25) is 0 Å². The van der Waals surface area contributed by atoms with Gasteiger partial charge in [-0.15, -0.1) is 5.10 Å². The highest BCUT2D eigenvalue weighted by molar-refractivity contribution is 6.30. The Morgan fingerprint density at radius 2 is 2.12 bits per heavy atom. The Labute approximate surface area is 149 Å². The molecule has 1 aromatic heterocycles. The summed E-state index contributed by atoms with van der Waals surface area (Å²) < 4.78 is 7.15. The van der Waals surface area contributed by atoms with Crippen molar-refractivity contribution >= 4 is 23.2 Å². The molecule has 1 amide bonds. The molecule has 1 atom stereocenters. The number of halogens is 1. The molecule has 8 heteroatoms. The Balaban J connectivity index is 1.73. The summed E-state index contributed by atoms with van der Waals surface area (Å²) in [4.78, 5) is 12.4. The predicted octanol–water partition coefficient (Wildman–Crippen LogP) is 3.03. The second-order valence-corrected chi connectivity index (χ2v) is 5.90. The van der Waals surface area contributed by atoms with Gasteiger partial charge in [0, 0.05) is 10.7 Å². The first-order valence-corrected chi connectivity index (χ1v) is 7.98. The molecule has 3 rings (SSSR count). The van der Waals surface area contributed by atoms with Gasteiger partial charge in [-0.3, -0.25) is 4.79 Å². The van der Waals surface area contributed by atoms with Crippen LogP contribution in [0.1, 0.15) is 12.5 Å². The fourth-order valence-corrected chi connectivity index (χ4v) is 2.38. The number of ether oxygens (including phenoxy) is 1. The van der Waals surface area contributed by atoms with E-state index in [2.05, 4.69) is 20.8 Å². The molecule has 2 aromatic carbocycles. The van der Waals surface area contributed by atoms with E-state index in [9.17, 15) is 4.79 Å². The SMILES string of the molecule is Cc1ccc(-n2cnnn2)cc1NC(=O)C(C)Oc1cccc(Cl)c1. The second kappa shape index (κ2) is 7.31. The molecule has 0 saturated heterocycles. The second-order valence-electron chi connectivity index (χ2n) is 5.46. The van der Waals surface area contributed by atoms with Crippen molar-refractivity contribution in [1.82, 2.24) is 20.2 Å². The summed E-state index contributed by atoms with van der Waals surface area (Å²) in [5.41, 5.74) is 2.33. The maximum atomic E-state index is 12.4. The number of benzene rings is 2. The lowest BCUT2D eigenvalue weighted by molar-refractivity contribution is -0.122. The zero-order chi connectivity index (χ0) is 17.8. The molecule has 0 radical (unpaired) electrons. The van der Waals surface area contributed by atoms with Crippen LogP contribution in [0.5, 0.6) is 5.75 Å². The van der Waals surface area contributed by atoms with Crippen molar-refractivity contribution in [1.29, 1.82) is 0 Å². The van der Waals surface area contributed by atoms with Crippen molar-refractivity contribution < 1.29 is 9.53 Å². The standard InChI is InChI=1S/C17H16ClN5O2/c1-11-6-7-14(23-10-19-21-22-23)9-16(11)20-17(24)12(2)25-15-5-3-4-13(18)8-15/h3-10,12H,1-2H3,(H,20,24). The van der Waals surface area contributed by atoms with Crippen molar-refractivity contribution in [3.05, 3.63) is 59.4 Å². The molecule has 0 saturated carbocycles. The van der Waals surface area contributed by atoms with Crippen LogP contribution in [0.3, 0.4) is 0 Å². The summed E-state index contributed by atoms with van der Waals surface area (Å²) in [7, 11) is 0. The van der Waals surface area contributed by atoms with Gasteiger partial charge >= 0.3 is 0 Å². The average molecular weight is 358 g/mol. The molecule has 7 nitrogen and oxygen atoms in total. The molecular formula is C17H16ClN5O2. The van der Waals surface area contributed by atoms with Gasteiger partial charge in [-0.2, -0.15) is 0 Å². The Morgan fingerprint density at radius 3 is 2.84 bits per heavy atom. The highest BCUT2D eigenvalue weighted by Crippen LogP contribution is 2.21. The minimum Gasteiger partial charge on any atom is -0.481 e. The minimum absolute atomic E-state index is 0.267. The van der Waals surface area contributed by atoms with E-state index in [1.54, 1.807) is 37.3 Å². The molecule has 0 fully saturated rings. The molecule has 3 aromatic rings. The van der Waals surface area contributed by atoms with Crippen LogP contribution in [0.15, 0.2) is 48.8 Å². The number of aromatic nitrogens is 4. The average Bonchev–Trinajstić information content (AvgIpc) is 3.11. The predicted molar refractivity (Wildman–Crippen MR) is 94.1 cm³/mol. The van der Waals surface area contributed by atoms with E-state index in [1.807, 2.05) is 19.1 Å². The van der Waals surface area contributed by atoms with E-state index < -0.39 is 6.10 Å². The Morgan fingerprint density at radius 1 is 1.28 bits per heavy atom. The number of aryl methyl sites for hydroxylation is 1. The topological polar surface area (TPSA) is 81.9 Å². The molecule has 128 valence electrons. The molecule has 1 unspecified atom stereocenters. The van der Waals surface area contributed by atoms with Crippen molar-refractivity contribution in [3.8, 4) is 11.4 Å². The van der Waals surface area contributed by atoms with Crippen LogP contribution in [0.2, 0.25) is 5.02 Å². The summed E-state index contributed by atoms with van der Waals surface area (Å²) in [5.74, 6) is 0.270. The molecule has 0 aliphatic carbocycles. The molecule has 0 aliphatic heterocycles. The molecule has 0 spiro atoms. The van der Waals surface area contributed by atoms with Crippen LogP contribution >= 0.6 is 11.6 Å². The van der Waals surface area contributed by atoms with Gasteiger partial charge in [0.15, 0.2) is 6.10 Å². The third-order valence-electron chi connectivity index (χ3n) is 3.57. The molecule has 0 bridgehead atoms. The summed E-state index contributed by atoms with van der Waals surface area (Å²) in [6.45, 7) is 3.58. The van der Waals surface area contributed by atoms with E-state index in [1.165, 1.54) is 11.0 Å². The van der Waals surface area contributed by atoms with Crippen molar-refractivity contribution in [2.45, 2.75) is 20.0 Å². The number of amides is 1. The zero-order valence-electron chi connectivity index (χ0n) is 13.7. The molecular weight excluding hydrogens is 342 g/mol. The van der Waals surface area contributed by atoms with Gasteiger partial charge in [0.1, 0.15) is 12.1 Å². The first kappa shape index (κ1) is 16.9. The third-order valence-corrected chi connectivity index (χ3v) is 3.81. The summed E-state index contributed by atoms with van der Waals surface area (Å²) in [5, 5.41) is 14.5. The van der Waals surface area contributed by atoms with Crippen LogP contribution in [-0.2, 0) is 4.79 Å². The summed E-state index contributed by atoms with van der Waals surface area (Å²) in [6.07, 6.45) is 0.802. The Hall–Kier alpha value is -2.93. The van der Waals surface area contributed by atoms with E-state index in [-0.39, 0.29) is 5.91 Å². The van der Waals surface area contributed by atoms with Gasteiger partial charge in [0.25, 0.3) is 5.91 Å². The van der Waals surface area contributed by atoms with Gasteiger partial charge < -0.3 is 10.1 Å². The van der Waals surface area contributed by atoms with Crippen LogP contribution in [0.4, 0.5) is 5.69 Å². The van der Waals surface area contributed by atoms with Crippen molar-refractivity contribution in [3.63, 3.8) is 0 Å². The van der Waals surface area contributed by atoms with Crippen LogP contribution in [0.25, 0.3) is 5.69 Å². The first-order chi connectivity index (χ1) is 12.0. The summed E-state index contributed by atoms with van der Waals surface area (Å²) in [6, 6.07) is 12.5. The normalized spacial score (nSPS) is 11.8. The monoisotopic (exact) mass is 357 g/mol. The van der Waals surface area contributed by atoms with Crippen molar-refractivity contribution in [2.24, 2.45) is 0 Å². The fraction of sp³-hybridized carbons (Fsp3) is 0.176. The molecule has 1 heterocycles. The minimum atomic E-state index is -0.686. The Bertz CT molecular complexity index is 883. The maximum Gasteiger partial charge on any atom is 0.265 e. The quantitative estimate of drug-likeness (QED) is 0.759. The van der Waals surface area contributed by atoms with E-state index in [4.69, 9.17) is 16.3 Å². The Kier molecular flexibility index (Phi) is 4.95. The number of hydrogen-bond donors (Lipinski definition) is 1. The number of anilines is 1. The zero-order valence-corrected chi connectivity index (χ0v) is 14.4. The lowest BCUT2D eigenvalue weighted by Crippen LogP contribution is -2.30. The van der Waals surface area contributed by atoms with E-state index >= 15 is 0 Å². The van der Waals surface area contributed by atoms with Crippen LogP contribution in [0, 0.1) is 6.92 Å². The number of tetrazole rings is 1. The van der Waals surface area contributed by atoms with Crippen LogP contribution in [-0.4, -0.2) is 32.2 Å². The highest BCUT2D eigenvalue weighted by Gasteiger charge is 2.16. The van der Waals surface area contributed by atoms with Gasteiger partial charge in [-0.1, -0.05) is 23.7 Å². The van der Waals surface area contributed by atoms with E-state index in [0.29, 0.717) is 16.5 Å². The lowest BCUT2D eigenvalue weighted by Gasteiger charge is -2.16.